The molecule has 1 aromatic heterocycles. The van der Waals surface area contributed by atoms with Gasteiger partial charge < -0.3 is 9.73 Å². The third-order valence-corrected chi connectivity index (χ3v) is 2.64. The molecule has 0 unspecified atom stereocenters. The van der Waals surface area contributed by atoms with Gasteiger partial charge in [0.25, 0.3) is 5.91 Å². The Hall–Kier alpha value is -2.70. The Morgan fingerprint density at radius 2 is 2.20 bits per heavy atom. The molecule has 0 aliphatic heterocycles. The summed E-state index contributed by atoms with van der Waals surface area (Å²) in [5.41, 5.74) is -0.621. The summed E-state index contributed by atoms with van der Waals surface area (Å²) in [5.74, 6) is -0.806. The zero-order chi connectivity index (χ0) is 14.5. The fourth-order valence-electron chi connectivity index (χ4n) is 1.65. The molecule has 2 aromatic rings. The quantitative estimate of drug-likeness (QED) is 0.671. The molecule has 0 saturated carbocycles. The van der Waals surface area contributed by atoms with Gasteiger partial charge in [0.1, 0.15) is 5.76 Å². The second-order valence-corrected chi connectivity index (χ2v) is 4.01. The predicted molar refractivity (Wildman–Crippen MR) is 67.8 cm³/mol. The van der Waals surface area contributed by atoms with E-state index in [0.717, 1.165) is 17.9 Å². The Morgan fingerprint density at radius 1 is 1.40 bits per heavy atom. The number of benzene rings is 1. The van der Waals surface area contributed by atoms with Crippen LogP contribution in [0, 0.1) is 15.9 Å². The third-order valence-electron chi connectivity index (χ3n) is 2.64. The summed E-state index contributed by atoms with van der Waals surface area (Å²) in [7, 11) is 0. The number of hydrogen-bond acceptors (Lipinski definition) is 4. The summed E-state index contributed by atoms with van der Waals surface area (Å²) >= 11 is 0. The van der Waals surface area contributed by atoms with Crippen LogP contribution in [0.1, 0.15) is 16.1 Å². The lowest BCUT2D eigenvalue weighted by Gasteiger charge is -2.04. The predicted octanol–water partition coefficient (Wildman–Crippen LogP) is 2.30. The van der Waals surface area contributed by atoms with E-state index in [2.05, 4.69) is 5.32 Å². The maximum Gasteiger partial charge on any atom is 0.304 e. The standard InChI is InChI=1S/C13H11FN2O4/c14-11-8-9(3-4-12(11)16(18)19)13(17)15-6-5-10-2-1-7-20-10/h1-4,7-8H,5-6H2,(H,15,17). The molecule has 1 N–H and O–H groups in total. The molecular formula is C13H11FN2O4. The van der Waals surface area contributed by atoms with Crippen LogP contribution >= 0.6 is 0 Å². The number of rotatable bonds is 5. The van der Waals surface area contributed by atoms with Crippen molar-refractivity contribution in [3.63, 3.8) is 0 Å². The highest BCUT2D eigenvalue weighted by atomic mass is 19.1. The highest BCUT2D eigenvalue weighted by Crippen LogP contribution is 2.17. The zero-order valence-corrected chi connectivity index (χ0v) is 10.3. The normalized spacial score (nSPS) is 10.2. The number of hydrogen-bond donors (Lipinski definition) is 1. The SMILES string of the molecule is O=C(NCCc1ccco1)c1ccc([N+](=O)[O-])c(F)c1. The first-order chi connectivity index (χ1) is 9.58. The van der Waals surface area contributed by atoms with Crippen molar-refractivity contribution < 1.29 is 18.5 Å². The van der Waals surface area contributed by atoms with E-state index in [1.807, 2.05) is 0 Å². The number of nitro benzene ring substituents is 1. The smallest absolute Gasteiger partial charge is 0.304 e. The first-order valence-electron chi connectivity index (χ1n) is 5.82. The van der Waals surface area contributed by atoms with Crippen LogP contribution in [0.3, 0.4) is 0 Å². The van der Waals surface area contributed by atoms with Gasteiger partial charge in [0, 0.05) is 24.6 Å². The number of furan rings is 1. The van der Waals surface area contributed by atoms with E-state index in [1.54, 1.807) is 12.1 Å². The highest BCUT2D eigenvalue weighted by molar-refractivity contribution is 5.94. The van der Waals surface area contributed by atoms with E-state index in [-0.39, 0.29) is 5.56 Å². The maximum atomic E-state index is 13.4. The van der Waals surface area contributed by atoms with Gasteiger partial charge in [0.2, 0.25) is 5.82 Å². The number of carbonyl (C=O) groups excluding carboxylic acids is 1. The van der Waals surface area contributed by atoms with Crippen LogP contribution < -0.4 is 5.32 Å². The molecule has 0 aliphatic rings. The van der Waals surface area contributed by atoms with Crippen molar-refractivity contribution in [2.75, 3.05) is 6.54 Å². The van der Waals surface area contributed by atoms with Gasteiger partial charge in [-0.25, -0.2) is 0 Å². The monoisotopic (exact) mass is 278 g/mol. The Morgan fingerprint density at radius 3 is 2.80 bits per heavy atom. The van der Waals surface area contributed by atoms with E-state index < -0.39 is 22.3 Å². The van der Waals surface area contributed by atoms with Crippen molar-refractivity contribution in [2.24, 2.45) is 0 Å². The lowest BCUT2D eigenvalue weighted by Crippen LogP contribution is -2.25. The molecule has 2 rings (SSSR count). The van der Waals surface area contributed by atoms with Gasteiger partial charge in [-0.1, -0.05) is 0 Å². The summed E-state index contributed by atoms with van der Waals surface area (Å²) in [6.45, 7) is 0.324. The summed E-state index contributed by atoms with van der Waals surface area (Å²) < 4.78 is 18.5. The minimum atomic E-state index is -1.03. The van der Waals surface area contributed by atoms with Gasteiger partial charge in [-0.15, -0.1) is 0 Å². The van der Waals surface area contributed by atoms with Crippen molar-refractivity contribution >= 4 is 11.6 Å². The summed E-state index contributed by atoms with van der Waals surface area (Å²) in [5, 5.41) is 13.0. The Labute approximate surface area is 113 Å². The number of nitrogens with zero attached hydrogens (tertiary/aromatic N) is 1. The van der Waals surface area contributed by atoms with E-state index in [9.17, 15) is 19.3 Å². The van der Waals surface area contributed by atoms with Crippen LogP contribution in [0.4, 0.5) is 10.1 Å². The molecule has 0 atom stereocenters. The summed E-state index contributed by atoms with van der Waals surface area (Å²) in [6.07, 6.45) is 2.04. The Bertz CT molecular complexity index is 625. The van der Waals surface area contributed by atoms with Crippen molar-refractivity contribution in [2.45, 2.75) is 6.42 Å². The number of carbonyl (C=O) groups is 1. The molecule has 1 heterocycles. The first kappa shape index (κ1) is 13.7. The number of nitrogens with one attached hydrogen (secondary N) is 1. The van der Waals surface area contributed by atoms with Crippen LogP contribution in [0.15, 0.2) is 41.0 Å². The Balaban J connectivity index is 1.95. The van der Waals surface area contributed by atoms with Gasteiger partial charge >= 0.3 is 5.69 Å². The average molecular weight is 278 g/mol. The Kier molecular flexibility index (Phi) is 4.09. The molecule has 1 amide bonds. The second kappa shape index (κ2) is 5.96. The van der Waals surface area contributed by atoms with Crippen LogP contribution in [0.25, 0.3) is 0 Å². The van der Waals surface area contributed by atoms with Crippen molar-refractivity contribution in [1.29, 1.82) is 0 Å². The molecule has 7 heteroatoms. The second-order valence-electron chi connectivity index (χ2n) is 4.01. The lowest BCUT2D eigenvalue weighted by molar-refractivity contribution is -0.387. The largest absolute Gasteiger partial charge is 0.469 e. The van der Waals surface area contributed by atoms with Gasteiger partial charge in [0.15, 0.2) is 0 Å². The van der Waals surface area contributed by atoms with E-state index >= 15 is 0 Å². The molecule has 20 heavy (non-hydrogen) atoms. The fraction of sp³-hybridized carbons (Fsp3) is 0.154. The molecule has 0 saturated heterocycles. The molecule has 104 valence electrons. The fourth-order valence-corrected chi connectivity index (χ4v) is 1.65. The van der Waals surface area contributed by atoms with Crippen LogP contribution in [0.5, 0.6) is 0 Å². The van der Waals surface area contributed by atoms with E-state index in [0.29, 0.717) is 13.0 Å². The van der Waals surface area contributed by atoms with Crippen LogP contribution in [-0.2, 0) is 6.42 Å². The average Bonchev–Trinajstić information content (AvgIpc) is 2.91. The van der Waals surface area contributed by atoms with Gasteiger partial charge in [-0.2, -0.15) is 4.39 Å². The molecule has 0 fully saturated rings. The van der Waals surface area contributed by atoms with Crippen LogP contribution in [-0.4, -0.2) is 17.4 Å². The van der Waals surface area contributed by atoms with E-state index in [1.165, 1.54) is 12.3 Å². The minimum Gasteiger partial charge on any atom is -0.469 e. The maximum absolute atomic E-state index is 13.4. The zero-order valence-electron chi connectivity index (χ0n) is 10.3. The third kappa shape index (κ3) is 3.19. The molecule has 6 nitrogen and oxygen atoms in total. The molecule has 0 radical (unpaired) electrons. The van der Waals surface area contributed by atoms with Crippen molar-refractivity contribution in [3.8, 4) is 0 Å². The number of nitro groups is 1. The van der Waals surface area contributed by atoms with Crippen molar-refractivity contribution in [1.82, 2.24) is 5.32 Å². The topological polar surface area (TPSA) is 85.4 Å². The highest BCUT2D eigenvalue weighted by Gasteiger charge is 2.16. The van der Waals surface area contributed by atoms with Crippen molar-refractivity contribution in [3.05, 3.63) is 63.9 Å². The number of halogens is 1. The molecule has 1 aromatic carbocycles. The minimum absolute atomic E-state index is 0.0348. The molecule has 0 aliphatic carbocycles. The van der Waals surface area contributed by atoms with Gasteiger partial charge in [0.05, 0.1) is 11.2 Å². The summed E-state index contributed by atoms with van der Waals surface area (Å²) in [4.78, 5) is 21.3. The first-order valence-corrected chi connectivity index (χ1v) is 5.82. The number of amides is 1. The van der Waals surface area contributed by atoms with Gasteiger partial charge in [-0.05, 0) is 24.3 Å². The molecule has 0 bridgehead atoms. The molecular weight excluding hydrogens is 267 g/mol. The molecule has 0 spiro atoms. The summed E-state index contributed by atoms with van der Waals surface area (Å²) in [6, 6.07) is 6.54. The van der Waals surface area contributed by atoms with E-state index in [4.69, 9.17) is 4.42 Å². The van der Waals surface area contributed by atoms with Gasteiger partial charge in [-0.3, -0.25) is 14.9 Å². The van der Waals surface area contributed by atoms with Crippen LogP contribution in [0.2, 0.25) is 0 Å². The lowest BCUT2D eigenvalue weighted by atomic mass is 10.2.